The van der Waals surface area contributed by atoms with Crippen LogP contribution in [0.1, 0.15) is 16.7 Å². The van der Waals surface area contributed by atoms with E-state index in [9.17, 15) is 14.4 Å². The van der Waals surface area contributed by atoms with Crippen LogP contribution in [0.25, 0.3) is 32.7 Å². The Morgan fingerprint density at radius 2 is 0.848 bits per heavy atom. The number of rotatable bonds is 9. The molecule has 0 unspecified atom stereocenters. The summed E-state index contributed by atoms with van der Waals surface area (Å²) in [7, 11) is 0. The highest BCUT2D eigenvalue weighted by Gasteiger charge is 2.47. The number of fused-ring (bicyclic) bond motifs is 3. The summed E-state index contributed by atoms with van der Waals surface area (Å²) in [6.45, 7) is 5.38. The number of pyridine rings is 3. The summed E-state index contributed by atoms with van der Waals surface area (Å²) in [6.07, 6.45) is 9.57. The molecule has 46 heavy (non-hydrogen) atoms. The molecule has 0 fully saturated rings. The summed E-state index contributed by atoms with van der Waals surface area (Å²) in [6, 6.07) is 15.6. The van der Waals surface area contributed by atoms with Crippen molar-refractivity contribution in [2.24, 2.45) is 15.0 Å². The fourth-order valence-corrected chi connectivity index (χ4v) is 6.83. The van der Waals surface area contributed by atoms with Gasteiger partial charge < -0.3 is 11.4 Å². The number of aryl methyl sites for hydroxylation is 3. The first-order valence-electron chi connectivity index (χ1n) is 13.8. The zero-order chi connectivity index (χ0) is 32.2. The van der Waals surface area contributed by atoms with Gasteiger partial charge in [-0.25, -0.2) is 14.4 Å². The second-order valence-corrected chi connectivity index (χ2v) is 11.4. The molecule has 13 heteroatoms. The van der Waals surface area contributed by atoms with Gasteiger partial charge in [-0.05, 0) is 92.1 Å². The Bertz CT molecular complexity index is 2070. The van der Waals surface area contributed by atoms with Crippen LogP contribution < -0.4 is 11.4 Å². The number of hydrogen-bond donors (Lipinski definition) is 0. The van der Waals surface area contributed by atoms with Gasteiger partial charge >= 0.3 is 15.1 Å². The van der Waals surface area contributed by atoms with Crippen LogP contribution in [0, 0.1) is 20.8 Å². The molecular weight excluding hydrogens is 603 g/mol. The van der Waals surface area contributed by atoms with E-state index < -0.39 is 15.1 Å². The van der Waals surface area contributed by atoms with Crippen LogP contribution in [-0.4, -0.2) is 48.3 Å². The van der Waals surface area contributed by atoms with Crippen molar-refractivity contribution in [1.82, 2.24) is 15.0 Å². The number of hydrogen-bond acceptors (Lipinski definition) is 12. The predicted octanol–water partition coefficient (Wildman–Crippen LogP) is 6.68. The first-order valence-corrected chi connectivity index (χ1v) is 15.2. The molecular formula is C33H21AlN6O6. The predicted molar refractivity (Wildman–Crippen MR) is 170 cm³/mol. The minimum absolute atomic E-state index is 0.367. The molecule has 0 spiro atoms. The van der Waals surface area contributed by atoms with Crippen LogP contribution in [0.4, 0.5) is 17.1 Å². The maximum atomic E-state index is 11.2. The Kier molecular flexibility index (Phi) is 8.42. The van der Waals surface area contributed by atoms with E-state index in [2.05, 4.69) is 29.9 Å². The summed E-state index contributed by atoms with van der Waals surface area (Å²) in [5.41, 5.74) is 4.33. The minimum atomic E-state index is -3.36. The summed E-state index contributed by atoms with van der Waals surface area (Å²) >= 11 is -3.36. The number of isocyanates is 3. The Morgan fingerprint density at radius 1 is 0.543 bits per heavy atom. The van der Waals surface area contributed by atoms with Crippen molar-refractivity contribution in [3.05, 3.63) is 89.9 Å². The average Bonchev–Trinajstić information content (AvgIpc) is 3.06. The number of nitrogens with zero attached hydrogens (tertiary/aromatic N) is 6. The molecule has 3 aromatic carbocycles. The Hall–Kier alpha value is -6.04. The van der Waals surface area contributed by atoms with Crippen molar-refractivity contribution in [3.8, 4) is 17.2 Å². The molecule has 0 bridgehead atoms. The number of aromatic nitrogens is 3. The molecule has 6 aromatic rings. The van der Waals surface area contributed by atoms with E-state index >= 15 is 0 Å². The molecule has 0 radical (unpaired) electrons. The van der Waals surface area contributed by atoms with Gasteiger partial charge in [-0.1, -0.05) is 0 Å². The third kappa shape index (κ3) is 5.63. The van der Waals surface area contributed by atoms with Crippen molar-refractivity contribution in [3.63, 3.8) is 0 Å². The zero-order valence-corrected chi connectivity index (χ0v) is 25.8. The molecule has 0 saturated heterocycles. The van der Waals surface area contributed by atoms with Gasteiger partial charge in [0.05, 0.1) is 17.1 Å². The summed E-state index contributed by atoms with van der Waals surface area (Å²) in [5.74, 6) is 1.10. The van der Waals surface area contributed by atoms with Crippen LogP contribution in [0.2, 0.25) is 0 Å². The van der Waals surface area contributed by atoms with Crippen molar-refractivity contribution in [1.29, 1.82) is 0 Å². The van der Waals surface area contributed by atoms with Gasteiger partial charge in [0.2, 0.25) is 18.2 Å². The summed E-state index contributed by atoms with van der Waals surface area (Å²) < 4.78 is 19.9. The lowest BCUT2D eigenvalue weighted by atomic mass is 10.1. The van der Waals surface area contributed by atoms with E-state index in [1.807, 2.05) is 0 Å². The topological polar surface area (TPSA) is 155 Å². The molecule has 0 aliphatic heterocycles. The van der Waals surface area contributed by atoms with E-state index in [0.29, 0.717) is 83.7 Å². The van der Waals surface area contributed by atoms with Crippen molar-refractivity contribution < 1.29 is 25.7 Å². The summed E-state index contributed by atoms with van der Waals surface area (Å²) in [5, 5.41) is 1.70. The minimum Gasteiger partial charge on any atom is -0.576 e. The third-order valence-electron chi connectivity index (χ3n) is 7.17. The van der Waals surface area contributed by atoms with Gasteiger partial charge in [0.25, 0.3) is 0 Å². The number of carbonyl (C=O) groups excluding carboxylic acids is 3. The first kappa shape index (κ1) is 30.0. The van der Waals surface area contributed by atoms with E-state index in [4.69, 9.17) is 11.4 Å². The Morgan fingerprint density at radius 3 is 1.13 bits per heavy atom. The molecule has 0 N–H and O–H groups in total. The number of aliphatic imine (C=N–C) groups is 3. The second kappa shape index (κ2) is 12.9. The first-order chi connectivity index (χ1) is 22.4. The molecule has 0 aliphatic carbocycles. The summed E-state index contributed by atoms with van der Waals surface area (Å²) in [4.78, 5) is 58.6. The van der Waals surface area contributed by atoms with E-state index in [-0.39, 0.29) is 0 Å². The lowest BCUT2D eigenvalue weighted by molar-refractivity contribution is 0.308. The average molecular weight is 625 g/mol. The lowest BCUT2D eigenvalue weighted by Gasteiger charge is -2.22. The molecule has 0 amide bonds. The molecule has 3 aromatic heterocycles. The Balaban J connectivity index is 1.55. The van der Waals surface area contributed by atoms with Crippen LogP contribution in [0.5, 0.6) is 17.2 Å². The quantitative estimate of drug-likeness (QED) is 0.0973. The standard InChI is InChI=1S/3C11H8N2O2.Al/c3*1-7-5-9(13-6-14)8-3-2-4-12-10(8)11(7)15;/h3*2-5,15H,1H3;/q;;;+3/p-3. The van der Waals surface area contributed by atoms with Gasteiger partial charge in [0, 0.05) is 34.7 Å². The van der Waals surface area contributed by atoms with Gasteiger partial charge in [0.1, 0.15) is 33.8 Å². The maximum absolute atomic E-state index is 11.2. The second-order valence-electron chi connectivity index (χ2n) is 10.1. The lowest BCUT2D eigenvalue weighted by Crippen LogP contribution is -2.38. The number of benzene rings is 3. The highest BCUT2D eigenvalue weighted by atomic mass is 27.3. The van der Waals surface area contributed by atoms with Gasteiger partial charge in [0.15, 0.2) is 0 Å². The fourth-order valence-electron chi connectivity index (χ4n) is 5.22. The molecule has 6 rings (SSSR count). The molecule has 222 valence electrons. The smallest absolute Gasteiger partial charge is 0.576 e. The van der Waals surface area contributed by atoms with Crippen molar-refractivity contribution in [2.45, 2.75) is 20.8 Å². The normalized spacial score (nSPS) is 10.5. The monoisotopic (exact) mass is 624 g/mol. The van der Waals surface area contributed by atoms with Gasteiger partial charge in [-0.3, -0.25) is 15.0 Å². The van der Waals surface area contributed by atoms with Crippen molar-refractivity contribution in [2.75, 3.05) is 0 Å². The zero-order valence-electron chi connectivity index (χ0n) is 24.6. The highest BCUT2D eigenvalue weighted by Crippen LogP contribution is 2.40. The third-order valence-corrected chi connectivity index (χ3v) is 8.46. The van der Waals surface area contributed by atoms with E-state index in [1.54, 1.807) is 112 Å². The molecule has 3 heterocycles. The van der Waals surface area contributed by atoms with Crippen LogP contribution in [0.3, 0.4) is 0 Å². The Labute approximate surface area is 266 Å². The van der Waals surface area contributed by atoms with E-state index in [1.165, 1.54) is 0 Å². The molecule has 12 nitrogen and oxygen atoms in total. The SMILES string of the molecule is Cc1cc(N=C=O)c2cccnc2c1[O][Al]([O]c1c(C)cc(N=C=O)c2cccnc12)[O]c1c(C)cc(N=C=O)c2cccnc12. The van der Waals surface area contributed by atoms with Crippen LogP contribution in [0.15, 0.2) is 88.2 Å². The molecule has 0 aliphatic rings. The fraction of sp³-hybridized carbons (Fsp3) is 0.0909. The van der Waals surface area contributed by atoms with Crippen molar-refractivity contribution >= 4 is 83.2 Å². The van der Waals surface area contributed by atoms with Gasteiger partial charge in [-0.2, -0.15) is 15.0 Å². The van der Waals surface area contributed by atoms with Crippen LogP contribution in [-0.2, 0) is 14.4 Å². The molecule has 0 saturated carbocycles. The van der Waals surface area contributed by atoms with Gasteiger partial charge in [-0.15, -0.1) is 0 Å². The van der Waals surface area contributed by atoms with Crippen LogP contribution >= 0.6 is 0 Å². The maximum Gasteiger partial charge on any atom is 1.20 e. The highest BCUT2D eigenvalue weighted by molar-refractivity contribution is 6.40. The molecule has 0 atom stereocenters. The van der Waals surface area contributed by atoms with E-state index in [0.717, 1.165) is 0 Å². The largest absolute Gasteiger partial charge is 1.20 e.